The number of quaternary nitrogens is 1. The average molecular weight is 1480 g/mol. The van der Waals surface area contributed by atoms with Crippen molar-refractivity contribution in [2.45, 2.75) is 444 Å². The first-order valence-corrected chi connectivity index (χ1v) is 46.4. The molecule has 0 rings (SSSR count). The zero-order valence-electron chi connectivity index (χ0n) is 69.5. The van der Waals surface area contributed by atoms with E-state index in [1.54, 1.807) is 0 Å². The number of carbonyl (C=O) groups excluding carboxylic acids is 2. The number of rotatable bonds is 84. The van der Waals surface area contributed by atoms with E-state index in [2.05, 4.69) is 111 Å². The van der Waals surface area contributed by atoms with Crippen LogP contribution in [0.5, 0.6) is 0 Å². The van der Waals surface area contributed by atoms with E-state index in [1.165, 1.54) is 321 Å². The van der Waals surface area contributed by atoms with Crippen LogP contribution in [0, 0.1) is 0 Å². The molecule has 10 heteroatoms. The number of esters is 2. The van der Waals surface area contributed by atoms with Gasteiger partial charge in [-0.3, -0.25) is 14.2 Å². The van der Waals surface area contributed by atoms with Crippen LogP contribution >= 0.6 is 7.82 Å². The van der Waals surface area contributed by atoms with Crippen LogP contribution in [0.3, 0.4) is 0 Å². The van der Waals surface area contributed by atoms with Crippen LogP contribution in [-0.4, -0.2) is 70.0 Å². The summed E-state index contributed by atoms with van der Waals surface area (Å²) in [6, 6.07) is 0. The van der Waals surface area contributed by atoms with Crippen molar-refractivity contribution in [3.05, 3.63) is 97.2 Å². The standard InChI is InChI=1S/C94H172NO8P/c1-6-8-10-12-14-16-18-20-22-24-26-28-30-32-34-36-38-40-42-44-46-47-49-50-52-54-56-58-60-62-64-66-68-70-72-74-76-78-80-82-84-86-93(96)100-90-92(91-102-104(98,99)101-89-88-95(3,4)5)103-94(97)87-85-83-81-79-77-75-73-71-69-67-65-63-61-59-57-55-53-51-48-45-43-41-39-37-35-33-31-29-27-25-23-21-19-17-15-13-11-9-7-2/h9,11,15,17-18,20-21,23-24,26-27,29,33,35,39,41,92H,6-8,10,12-14,16,19,22,25,28,30-32,34,36-38,40,42-91H2,1-5H3/b11-9-,17-15-,20-18-,23-21-,26-24-,29-27-,35-33-,41-39-. The molecule has 0 bridgehead atoms. The fraction of sp³-hybridized carbons (Fsp3) is 0.809. The summed E-state index contributed by atoms with van der Waals surface area (Å²) in [5.41, 5.74) is 0. The lowest BCUT2D eigenvalue weighted by Crippen LogP contribution is -2.37. The van der Waals surface area contributed by atoms with E-state index in [4.69, 9.17) is 18.5 Å². The third-order valence-electron chi connectivity index (χ3n) is 20.1. The first-order valence-electron chi connectivity index (χ1n) is 44.9. The van der Waals surface area contributed by atoms with Crippen molar-refractivity contribution in [2.75, 3.05) is 47.5 Å². The van der Waals surface area contributed by atoms with Gasteiger partial charge in [0.2, 0.25) is 0 Å². The van der Waals surface area contributed by atoms with Gasteiger partial charge >= 0.3 is 11.9 Å². The number of unbranched alkanes of at least 4 members (excludes halogenated alkanes) is 54. The molecule has 0 fully saturated rings. The topological polar surface area (TPSA) is 111 Å². The SMILES string of the molecule is CC/C=C\C/C=C\C/C=C\C/C=C\C/C=C\C/C=C\CCCCCCCCCCCCCCCCCCCCCCC(=O)OC(COC(=O)CCCCCCCCCCCCCCCCCCCCCCCCCCCCCCC/C=C\C/C=C\CCCCCCC)COP(=O)([O-])OCC[N+](C)(C)C. The number of phosphoric ester groups is 1. The fourth-order valence-electron chi connectivity index (χ4n) is 13.3. The number of likely N-dealkylation sites (N-methyl/N-ethyl adjacent to an activating group) is 1. The largest absolute Gasteiger partial charge is 0.756 e. The highest BCUT2D eigenvalue weighted by Gasteiger charge is 2.22. The normalized spacial score (nSPS) is 13.4. The Morgan fingerprint density at radius 1 is 0.308 bits per heavy atom. The summed E-state index contributed by atoms with van der Waals surface area (Å²) in [6.45, 7) is 4.18. The van der Waals surface area contributed by atoms with Gasteiger partial charge in [0, 0.05) is 12.8 Å². The Morgan fingerprint density at radius 2 is 0.548 bits per heavy atom. The Morgan fingerprint density at radius 3 is 0.817 bits per heavy atom. The summed E-state index contributed by atoms with van der Waals surface area (Å²) < 4.78 is 34.5. The Hall–Kier alpha value is -3.07. The minimum Gasteiger partial charge on any atom is -0.756 e. The van der Waals surface area contributed by atoms with E-state index in [0.717, 1.165) is 83.5 Å². The van der Waals surface area contributed by atoms with Crippen LogP contribution in [0.15, 0.2) is 97.2 Å². The van der Waals surface area contributed by atoms with Gasteiger partial charge in [-0.25, -0.2) is 0 Å². The zero-order valence-corrected chi connectivity index (χ0v) is 70.4. The van der Waals surface area contributed by atoms with Crippen LogP contribution < -0.4 is 4.89 Å². The molecular formula is C94H172NO8P. The summed E-state index contributed by atoms with van der Waals surface area (Å²) in [7, 11) is 1.19. The van der Waals surface area contributed by atoms with Crippen LogP contribution in [0.2, 0.25) is 0 Å². The van der Waals surface area contributed by atoms with Gasteiger partial charge in [-0.2, -0.15) is 0 Å². The van der Waals surface area contributed by atoms with E-state index >= 15 is 0 Å². The van der Waals surface area contributed by atoms with E-state index in [1.807, 2.05) is 21.1 Å². The lowest BCUT2D eigenvalue weighted by molar-refractivity contribution is -0.870. The van der Waals surface area contributed by atoms with Crippen LogP contribution in [0.1, 0.15) is 438 Å². The minimum absolute atomic E-state index is 0.0297. The van der Waals surface area contributed by atoms with Gasteiger partial charge in [-0.15, -0.1) is 0 Å². The van der Waals surface area contributed by atoms with Gasteiger partial charge in [0.25, 0.3) is 7.82 Å². The van der Waals surface area contributed by atoms with E-state index in [-0.39, 0.29) is 32.0 Å². The summed E-state index contributed by atoms with van der Waals surface area (Å²) in [6.07, 6.45) is 119. The smallest absolute Gasteiger partial charge is 0.306 e. The molecule has 0 aromatic carbocycles. The second-order valence-electron chi connectivity index (χ2n) is 31.6. The number of phosphoric acid groups is 1. The molecular weight excluding hydrogens is 1300 g/mol. The number of nitrogens with zero attached hydrogens (tertiary/aromatic N) is 1. The zero-order chi connectivity index (χ0) is 75.4. The third kappa shape index (κ3) is 87.8. The van der Waals surface area contributed by atoms with Crippen molar-refractivity contribution in [2.24, 2.45) is 0 Å². The molecule has 2 unspecified atom stereocenters. The number of hydrogen-bond acceptors (Lipinski definition) is 8. The average Bonchev–Trinajstić information content (AvgIpc) is 0.915. The predicted octanol–water partition coefficient (Wildman–Crippen LogP) is 29.9. The highest BCUT2D eigenvalue weighted by molar-refractivity contribution is 7.45. The fourth-order valence-corrected chi connectivity index (χ4v) is 14.0. The highest BCUT2D eigenvalue weighted by Crippen LogP contribution is 2.38. The Balaban J connectivity index is 3.86. The molecule has 0 aliphatic carbocycles. The van der Waals surface area contributed by atoms with Crippen LogP contribution in [0.25, 0.3) is 0 Å². The summed E-state index contributed by atoms with van der Waals surface area (Å²) in [5.74, 6) is -0.811. The first kappa shape index (κ1) is 101. The molecule has 0 aliphatic heterocycles. The summed E-state index contributed by atoms with van der Waals surface area (Å²) in [5, 5.41) is 0. The molecule has 0 aromatic rings. The van der Waals surface area contributed by atoms with Gasteiger partial charge in [-0.05, 0) is 96.3 Å². The number of hydrogen-bond donors (Lipinski definition) is 0. The van der Waals surface area contributed by atoms with Crippen molar-refractivity contribution in [1.29, 1.82) is 0 Å². The second-order valence-corrected chi connectivity index (χ2v) is 33.0. The number of carbonyl (C=O) groups is 2. The Labute approximate surface area is 646 Å². The predicted molar refractivity (Wildman–Crippen MR) is 452 cm³/mol. The van der Waals surface area contributed by atoms with Crippen molar-refractivity contribution >= 4 is 19.8 Å². The lowest BCUT2D eigenvalue weighted by atomic mass is 10.0. The maximum absolute atomic E-state index is 12.9. The second kappa shape index (κ2) is 84.0. The molecule has 606 valence electrons. The van der Waals surface area contributed by atoms with E-state index in [0.29, 0.717) is 17.4 Å². The van der Waals surface area contributed by atoms with Crippen molar-refractivity contribution in [3.8, 4) is 0 Å². The third-order valence-corrected chi connectivity index (χ3v) is 21.1. The molecule has 0 amide bonds. The molecule has 0 N–H and O–H groups in total. The van der Waals surface area contributed by atoms with Gasteiger partial charge in [0.05, 0.1) is 27.7 Å². The maximum atomic E-state index is 12.9. The summed E-state index contributed by atoms with van der Waals surface area (Å²) in [4.78, 5) is 38.3. The number of ether oxygens (including phenoxy) is 2. The quantitative estimate of drug-likeness (QED) is 0.0195. The molecule has 9 nitrogen and oxygen atoms in total. The van der Waals surface area contributed by atoms with Crippen molar-refractivity contribution in [3.63, 3.8) is 0 Å². The Kier molecular flexibility index (Phi) is 81.5. The van der Waals surface area contributed by atoms with E-state index in [9.17, 15) is 19.0 Å². The maximum Gasteiger partial charge on any atom is 0.306 e. The Bertz CT molecular complexity index is 2080. The molecule has 2 atom stereocenters. The first-order chi connectivity index (χ1) is 51.0. The molecule has 0 saturated carbocycles. The summed E-state index contributed by atoms with van der Waals surface area (Å²) >= 11 is 0. The molecule has 0 aromatic heterocycles. The minimum atomic E-state index is -4.65. The molecule has 104 heavy (non-hydrogen) atoms. The van der Waals surface area contributed by atoms with Gasteiger partial charge in [-0.1, -0.05) is 426 Å². The molecule has 0 aliphatic rings. The molecule has 0 radical (unpaired) electrons. The molecule has 0 heterocycles. The van der Waals surface area contributed by atoms with Gasteiger partial charge in [0.1, 0.15) is 19.8 Å². The lowest BCUT2D eigenvalue weighted by Gasteiger charge is -2.28. The van der Waals surface area contributed by atoms with Crippen molar-refractivity contribution in [1.82, 2.24) is 0 Å². The molecule has 0 saturated heterocycles. The van der Waals surface area contributed by atoms with Crippen LogP contribution in [0.4, 0.5) is 0 Å². The molecule has 0 spiro atoms. The monoisotopic (exact) mass is 1470 g/mol. The highest BCUT2D eigenvalue weighted by atomic mass is 31.2. The van der Waals surface area contributed by atoms with Gasteiger partial charge in [0.15, 0.2) is 6.10 Å². The van der Waals surface area contributed by atoms with Crippen molar-refractivity contribution < 1.29 is 42.1 Å². The van der Waals surface area contributed by atoms with Crippen LogP contribution in [-0.2, 0) is 32.7 Å². The van der Waals surface area contributed by atoms with Gasteiger partial charge < -0.3 is 27.9 Å². The number of allylic oxidation sites excluding steroid dienone is 16. The van der Waals surface area contributed by atoms with E-state index < -0.39 is 26.5 Å².